The van der Waals surface area contributed by atoms with Crippen LogP contribution in [0.25, 0.3) is 0 Å². The second-order valence-electron chi connectivity index (χ2n) is 8.12. The Morgan fingerprint density at radius 1 is 1.17 bits per heavy atom. The first kappa shape index (κ1) is 23.8. The number of nitrogens with one attached hydrogen (secondary N) is 1. The molecule has 3 atom stereocenters. The number of hydrogen-bond donors (Lipinski definition) is 1. The molecule has 30 heavy (non-hydrogen) atoms. The van der Waals surface area contributed by atoms with Gasteiger partial charge < -0.3 is 15.0 Å². The first-order valence-corrected chi connectivity index (χ1v) is 9.11. The van der Waals surface area contributed by atoms with Crippen molar-refractivity contribution in [3.05, 3.63) is 35.1 Å². The number of benzene rings is 1. The molecule has 1 saturated heterocycles. The minimum Gasteiger partial charge on any atom is -0.444 e. The second kappa shape index (κ2) is 8.35. The lowest BCUT2D eigenvalue weighted by molar-refractivity contribution is -0.171. The summed E-state index contributed by atoms with van der Waals surface area (Å²) in [4.78, 5) is 25.0. The van der Waals surface area contributed by atoms with Crippen molar-refractivity contribution in [2.75, 3.05) is 6.54 Å². The summed E-state index contributed by atoms with van der Waals surface area (Å²) in [6, 6.07) is -1.66. The molecule has 2 rings (SSSR count). The van der Waals surface area contributed by atoms with Gasteiger partial charge in [-0.1, -0.05) is 0 Å². The highest BCUT2D eigenvalue weighted by molar-refractivity contribution is 5.87. The van der Waals surface area contributed by atoms with Gasteiger partial charge >= 0.3 is 12.3 Å². The van der Waals surface area contributed by atoms with Crippen LogP contribution < -0.4 is 5.32 Å². The van der Waals surface area contributed by atoms with Crippen LogP contribution in [0.3, 0.4) is 0 Å². The number of ether oxygens (including phenoxy) is 1. The largest absolute Gasteiger partial charge is 0.444 e. The fraction of sp³-hybridized carbons (Fsp3) is 0.579. The summed E-state index contributed by atoms with van der Waals surface area (Å²) in [6.45, 7) is 4.09. The van der Waals surface area contributed by atoms with E-state index in [9.17, 15) is 35.9 Å². The van der Waals surface area contributed by atoms with Gasteiger partial charge in [-0.25, -0.2) is 18.0 Å². The van der Waals surface area contributed by atoms with Crippen molar-refractivity contribution in [3.8, 4) is 0 Å². The molecule has 11 heteroatoms. The molecule has 1 aliphatic rings. The van der Waals surface area contributed by atoms with Crippen LogP contribution >= 0.6 is 0 Å². The Kier molecular flexibility index (Phi) is 6.63. The predicted octanol–water partition coefficient (Wildman–Crippen LogP) is 4.26. The van der Waals surface area contributed by atoms with Gasteiger partial charge in [0, 0.05) is 17.5 Å². The number of rotatable bonds is 3. The molecule has 0 radical (unpaired) electrons. The van der Waals surface area contributed by atoms with Crippen LogP contribution in [0.5, 0.6) is 0 Å². The first-order chi connectivity index (χ1) is 13.6. The molecule has 1 heterocycles. The molecular weight excluding hydrogens is 418 g/mol. The summed E-state index contributed by atoms with van der Waals surface area (Å²) >= 11 is 0. The minimum absolute atomic E-state index is 0.375. The highest BCUT2D eigenvalue weighted by Crippen LogP contribution is 2.38. The average Bonchev–Trinajstić information content (AvgIpc) is 2.56. The molecule has 1 aromatic carbocycles. The van der Waals surface area contributed by atoms with Crippen LogP contribution in [0.15, 0.2) is 12.1 Å². The number of likely N-dealkylation sites (tertiary alicyclic amines) is 1. The van der Waals surface area contributed by atoms with Gasteiger partial charge in [0.25, 0.3) is 0 Å². The van der Waals surface area contributed by atoms with Gasteiger partial charge in [0.1, 0.15) is 24.0 Å². The van der Waals surface area contributed by atoms with Gasteiger partial charge in [0.2, 0.25) is 5.91 Å². The third-order valence-corrected chi connectivity index (χ3v) is 4.64. The molecule has 0 bridgehead atoms. The predicted molar refractivity (Wildman–Crippen MR) is 94.1 cm³/mol. The molecular formula is C19H22F6N2O3. The van der Waals surface area contributed by atoms with E-state index in [0.717, 1.165) is 0 Å². The van der Waals surface area contributed by atoms with Gasteiger partial charge in [0.05, 0.1) is 0 Å². The highest BCUT2D eigenvalue weighted by Gasteiger charge is 2.47. The Labute approximate surface area is 169 Å². The maximum Gasteiger partial charge on any atom is 0.408 e. The molecule has 0 unspecified atom stereocenters. The lowest BCUT2D eigenvalue weighted by atomic mass is 9.81. The summed E-state index contributed by atoms with van der Waals surface area (Å²) in [6.07, 6.45) is -6.33. The van der Waals surface area contributed by atoms with Crippen molar-refractivity contribution in [1.29, 1.82) is 0 Å². The van der Waals surface area contributed by atoms with E-state index in [1.807, 2.05) is 0 Å². The minimum atomic E-state index is -4.80. The van der Waals surface area contributed by atoms with E-state index < -0.39 is 77.8 Å². The van der Waals surface area contributed by atoms with E-state index >= 15 is 0 Å². The van der Waals surface area contributed by atoms with Crippen LogP contribution in [0.4, 0.5) is 31.1 Å². The lowest BCUT2D eigenvalue weighted by Crippen LogP contribution is -2.60. The molecule has 0 aromatic heterocycles. The van der Waals surface area contributed by atoms with E-state index in [4.69, 9.17) is 4.74 Å². The standard InChI is InChI=1S/C19H22F6N2O3/c1-9-10(14-11(20)5-6-12(21)15(14)22)7-13(26-17(29)30-18(2,3)4)16(28)27(9)8-19(23,24)25/h5-6,9-10,13H,7-8H2,1-4H3,(H,26,29)/t9-,10-,13-/m1/s1. The zero-order valence-corrected chi connectivity index (χ0v) is 16.7. The van der Waals surface area contributed by atoms with Crippen molar-refractivity contribution in [1.82, 2.24) is 10.2 Å². The van der Waals surface area contributed by atoms with Crippen LogP contribution in [0.1, 0.15) is 45.6 Å². The van der Waals surface area contributed by atoms with Crippen molar-refractivity contribution >= 4 is 12.0 Å². The summed E-state index contributed by atoms with van der Waals surface area (Å²) in [5.41, 5.74) is -1.74. The van der Waals surface area contributed by atoms with Crippen LogP contribution in [0.2, 0.25) is 0 Å². The third-order valence-electron chi connectivity index (χ3n) is 4.64. The number of carbonyl (C=O) groups excluding carboxylic acids is 2. The van der Waals surface area contributed by atoms with Crippen molar-refractivity contribution in [2.24, 2.45) is 0 Å². The van der Waals surface area contributed by atoms with Crippen molar-refractivity contribution in [2.45, 2.75) is 63.9 Å². The zero-order valence-electron chi connectivity index (χ0n) is 16.7. The van der Waals surface area contributed by atoms with Gasteiger partial charge in [-0.15, -0.1) is 0 Å². The quantitative estimate of drug-likeness (QED) is 0.565. The molecule has 1 aromatic rings. The van der Waals surface area contributed by atoms with E-state index in [2.05, 4.69) is 5.32 Å². The Balaban J connectivity index is 2.44. The molecule has 2 amide bonds. The average molecular weight is 440 g/mol. The Morgan fingerprint density at radius 2 is 1.73 bits per heavy atom. The maximum atomic E-state index is 14.3. The number of alkyl halides is 3. The number of amides is 2. The normalized spacial score (nSPS) is 22.8. The fourth-order valence-electron chi connectivity index (χ4n) is 3.40. The van der Waals surface area contributed by atoms with Crippen molar-refractivity contribution in [3.63, 3.8) is 0 Å². The number of piperidine rings is 1. The van der Waals surface area contributed by atoms with E-state index in [0.29, 0.717) is 17.0 Å². The molecule has 0 saturated carbocycles. The van der Waals surface area contributed by atoms with Crippen molar-refractivity contribution < 1.29 is 40.7 Å². The smallest absolute Gasteiger partial charge is 0.408 e. The Morgan fingerprint density at radius 3 is 2.27 bits per heavy atom. The molecule has 0 aliphatic carbocycles. The number of nitrogens with zero attached hydrogens (tertiary/aromatic N) is 1. The Hall–Kier alpha value is -2.46. The number of alkyl carbamates (subject to hydrolysis) is 1. The van der Waals surface area contributed by atoms with Gasteiger partial charge in [-0.05, 0) is 46.2 Å². The summed E-state index contributed by atoms with van der Waals surface area (Å²) in [5, 5.41) is 2.16. The van der Waals surface area contributed by atoms with Crippen LogP contribution in [0, 0.1) is 17.5 Å². The zero-order chi connectivity index (χ0) is 23.0. The molecule has 168 valence electrons. The first-order valence-electron chi connectivity index (χ1n) is 9.11. The monoisotopic (exact) mass is 440 g/mol. The maximum absolute atomic E-state index is 14.3. The fourth-order valence-corrected chi connectivity index (χ4v) is 3.40. The van der Waals surface area contributed by atoms with Crippen LogP contribution in [-0.2, 0) is 9.53 Å². The summed E-state index contributed by atoms with van der Waals surface area (Å²) in [7, 11) is 0. The third kappa shape index (κ3) is 5.57. The molecule has 1 fully saturated rings. The number of carbonyl (C=O) groups is 2. The second-order valence-corrected chi connectivity index (χ2v) is 8.12. The molecule has 1 N–H and O–H groups in total. The van der Waals surface area contributed by atoms with Crippen LogP contribution in [-0.4, -0.2) is 47.3 Å². The van der Waals surface area contributed by atoms with E-state index in [-0.39, 0.29) is 0 Å². The highest BCUT2D eigenvalue weighted by atomic mass is 19.4. The topological polar surface area (TPSA) is 58.6 Å². The molecule has 0 spiro atoms. The van der Waals surface area contributed by atoms with Gasteiger partial charge in [0.15, 0.2) is 11.6 Å². The summed E-state index contributed by atoms with van der Waals surface area (Å²) in [5.74, 6) is -6.53. The van der Waals surface area contributed by atoms with Gasteiger partial charge in [-0.2, -0.15) is 13.2 Å². The summed E-state index contributed by atoms with van der Waals surface area (Å²) < 4.78 is 86.5. The van der Waals surface area contributed by atoms with E-state index in [1.54, 1.807) is 0 Å². The SMILES string of the molecule is C[C@@H]1[C@H](c2c(F)ccc(F)c2F)C[C@@H](NC(=O)OC(C)(C)C)C(=O)N1CC(F)(F)F. The Bertz CT molecular complexity index is 822. The van der Waals surface area contributed by atoms with Gasteiger partial charge in [-0.3, -0.25) is 4.79 Å². The number of halogens is 6. The molecule has 5 nitrogen and oxygen atoms in total. The lowest BCUT2D eigenvalue weighted by Gasteiger charge is -2.43. The van der Waals surface area contributed by atoms with E-state index in [1.165, 1.54) is 27.7 Å². The molecule has 1 aliphatic heterocycles. The number of hydrogen-bond acceptors (Lipinski definition) is 3.